The molecule has 0 aliphatic heterocycles. The van der Waals surface area contributed by atoms with E-state index < -0.39 is 0 Å². The second-order valence-corrected chi connectivity index (χ2v) is 5.39. The van der Waals surface area contributed by atoms with Gasteiger partial charge in [-0.1, -0.05) is 36.4 Å². The van der Waals surface area contributed by atoms with Crippen molar-refractivity contribution in [1.82, 2.24) is 10.6 Å². The van der Waals surface area contributed by atoms with Gasteiger partial charge < -0.3 is 20.1 Å². The van der Waals surface area contributed by atoms with Crippen LogP contribution in [0.4, 0.5) is 0 Å². The molecule has 0 aliphatic rings. The molecule has 0 aliphatic carbocycles. The van der Waals surface area contributed by atoms with Crippen LogP contribution in [-0.2, 0) is 17.9 Å². The molecule has 2 rings (SSSR count). The van der Waals surface area contributed by atoms with Gasteiger partial charge in [-0.2, -0.15) is 0 Å². The number of amides is 1. The van der Waals surface area contributed by atoms with Gasteiger partial charge >= 0.3 is 0 Å². The summed E-state index contributed by atoms with van der Waals surface area (Å²) in [5.74, 6) is 1.37. The number of carbonyl (C=O) groups excluding carboxylic acids is 1. The summed E-state index contributed by atoms with van der Waals surface area (Å²) in [5, 5.41) is 5.84. The zero-order valence-corrected chi connectivity index (χ0v) is 15.4. The Labute approximate surface area is 155 Å². The molecule has 1 amide bonds. The van der Waals surface area contributed by atoms with Crippen LogP contribution in [-0.4, -0.2) is 26.6 Å². The van der Waals surface area contributed by atoms with Crippen molar-refractivity contribution in [3.05, 3.63) is 59.7 Å². The molecule has 0 atom stereocenters. The largest absolute Gasteiger partial charge is 0.493 e. The molecule has 2 N–H and O–H groups in total. The van der Waals surface area contributed by atoms with Gasteiger partial charge in [-0.05, 0) is 30.3 Å². The minimum absolute atomic E-state index is 0. The summed E-state index contributed by atoms with van der Waals surface area (Å²) >= 11 is 0. The Bertz CT molecular complexity index is 650. The van der Waals surface area contributed by atoms with Crippen molar-refractivity contribution < 1.29 is 14.3 Å². The molecule has 25 heavy (non-hydrogen) atoms. The minimum Gasteiger partial charge on any atom is -0.493 e. The van der Waals surface area contributed by atoms with E-state index in [1.807, 2.05) is 55.6 Å². The van der Waals surface area contributed by atoms with Gasteiger partial charge in [-0.25, -0.2) is 0 Å². The number of nitrogens with one attached hydrogen (secondary N) is 2. The number of ether oxygens (including phenoxy) is 2. The molecule has 0 radical (unpaired) electrons. The van der Waals surface area contributed by atoms with E-state index in [-0.39, 0.29) is 18.3 Å². The third-order valence-electron chi connectivity index (χ3n) is 3.56. The lowest BCUT2D eigenvalue weighted by Crippen LogP contribution is -2.26. The molecule has 0 spiro atoms. The van der Waals surface area contributed by atoms with Gasteiger partial charge in [0.2, 0.25) is 5.91 Å². The number of benzene rings is 2. The lowest BCUT2D eigenvalue weighted by Gasteiger charge is -2.13. The Morgan fingerprint density at radius 2 is 1.80 bits per heavy atom. The van der Waals surface area contributed by atoms with Crippen LogP contribution in [0.1, 0.15) is 17.5 Å². The van der Waals surface area contributed by atoms with Crippen molar-refractivity contribution in [2.45, 2.75) is 19.6 Å². The smallest absolute Gasteiger partial charge is 0.221 e. The number of rotatable bonds is 9. The normalized spacial score (nSPS) is 9.84. The van der Waals surface area contributed by atoms with E-state index >= 15 is 0 Å². The highest BCUT2D eigenvalue weighted by molar-refractivity contribution is 5.85. The molecule has 0 heterocycles. The molecule has 6 heteroatoms. The first-order valence-corrected chi connectivity index (χ1v) is 7.98. The Balaban J connectivity index is 0.00000312. The van der Waals surface area contributed by atoms with Gasteiger partial charge in [0.25, 0.3) is 0 Å². The monoisotopic (exact) mass is 364 g/mol. The maximum atomic E-state index is 11.6. The first kappa shape index (κ1) is 20.8. The van der Waals surface area contributed by atoms with Crippen LogP contribution in [0.3, 0.4) is 0 Å². The van der Waals surface area contributed by atoms with Crippen LogP contribution >= 0.6 is 12.4 Å². The lowest BCUT2D eigenvalue weighted by atomic mass is 10.2. The van der Waals surface area contributed by atoms with Crippen LogP contribution < -0.4 is 20.1 Å². The van der Waals surface area contributed by atoms with Crippen LogP contribution in [0.25, 0.3) is 0 Å². The average Bonchev–Trinajstić information content (AvgIpc) is 2.64. The van der Waals surface area contributed by atoms with Crippen molar-refractivity contribution in [3.63, 3.8) is 0 Å². The number of halogens is 1. The highest BCUT2D eigenvalue weighted by atomic mass is 35.5. The molecule has 0 saturated carbocycles. The number of hydrogen-bond donors (Lipinski definition) is 2. The highest BCUT2D eigenvalue weighted by Gasteiger charge is 2.07. The zero-order chi connectivity index (χ0) is 17.2. The predicted octanol–water partition coefficient (Wildman–Crippen LogP) is 2.92. The summed E-state index contributed by atoms with van der Waals surface area (Å²) in [7, 11) is 3.44. The molecule has 0 fully saturated rings. The van der Waals surface area contributed by atoms with Crippen LogP contribution in [0.2, 0.25) is 0 Å². The molecule has 2 aromatic rings. The maximum Gasteiger partial charge on any atom is 0.221 e. The Morgan fingerprint density at radius 3 is 2.48 bits per heavy atom. The van der Waals surface area contributed by atoms with Crippen molar-refractivity contribution >= 4 is 18.3 Å². The lowest BCUT2D eigenvalue weighted by molar-refractivity contribution is -0.121. The molecule has 0 aromatic heterocycles. The number of methoxy groups -OCH3 is 1. The summed E-state index contributed by atoms with van der Waals surface area (Å²) in [6.07, 6.45) is 0.464. The van der Waals surface area contributed by atoms with E-state index in [1.54, 1.807) is 7.11 Å². The third-order valence-corrected chi connectivity index (χ3v) is 3.56. The first-order valence-electron chi connectivity index (χ1n) is 7.98. The molecule has 136 valence electrons. The fraction of sp³-hybridized carbons (Fsp3) is 0.316. The Kier molecular flexibility index (Phi) is 9.43. The molecular formula is C19H25ClN2O3. The zero-order valence-electron chi connectivity index (χ0n) is 14.6. The van der Waals surface area contributed by atoms with E-state index in [2.05, 4.69) is 10.6 Å². The van der Waals surface area contributed by atoms with E-state index in [0.29, 0.717) is 37.6 Å². The summed E-state index contributed by atoms with van der Waals surface area (Å²) in [6.45, 7) is 1.62. The van der Waals surface area contributed by atoms with Crippen molar-refractivity contribution in [3.8, 4) is 11.5 Å². The minimum atomic E-state index is 0. The molecule has 0 saturated heterocycles. The Morgan fingerprint density at radius 1 is 1.04 bits per heavy atom. The predicted molar refractivity (Wildman–Crippen MR) is 101 cm³/mol. The van der Waals surface area contributed by atoms with E-state index in [4.69, 9.17) is 9.47 Å². The van der Waals surface area contributed by atoms with E-state index in [1.165, 1.54) is 0 Å². The fourth-order valence-electron chi connectivity index (χ4n) is 2.20. The van der Waals surface area contributed by atoms with Gasteiger partial charge in [0.05, 0.1) is 7.11 Å². The average molecular weight is 365 g/mol. The van der Waals surface area contributed by atoms with Crippen molar-refractivity contribution in [1.29, 1.82) is 0 Å². The second-order valence-electron chi connectivity index (χ2n) is 5.39. The molecular weight excluding hydrogens is 340 g/mol. The van der Waals surface area contributed by atoms with Crippen LogP contribution in [0.5, 0.6) is 11.5 Å². The SMILES string of the molecule is CNCCC(=O)NCc1ccc(OCc2ccccc2)c(OC)c1.Cl. The van der Waals surface area contributed by atoms with Gasteiger partial charge in [-0.3, -0.25) is 4.79 Å². The highest BCUT2D eigenvalue weighted by Crippen LogP contribution is 2.28. The molecule has 2 aromatic carbocycles. The van der Waals surface area contributed by atoms with Crippen LogP contribution in [0, 0.1) is 0 Å². The summed E-state index contributed by atoms with van der Waals surface area (Å²) < 4.78 is 11.2. The van der Waals surface area contributed by atoms with E-state index in [0.717, 1.165) is 11.1 Å². The molecule has 0 bridgehead atoms. The summed E-state index contributed by atoms with van der Waals surface area (Å²) in [6, 6.07) is 15.7. The maximum absolute atomic E-state index is 11.6. The van der Waals surface area contributed by atoms with Crippen LogP contribution in [0.15, 0.2) is 48.5 Å². The quantitative estimate of drug-likeness (QED) is 0.718. The molecule has 5 nitrogen and oxygen atoms in total. The third kappa shape index (κ3) is 7.03. The first-order chi connectivity index (χ1) is 11.7. The second kappa shape index (κ2) is 11.3. The van der Waals surface area contributed by atoms with Gasteiger partial charge in [0, 0.05) is 19.5 Å². The van der Waals surface area contributed by atoms with Crippen molar-refractivity contribution in [2.75, 3.05) is 20.7 Å². The fourth-order valence-corrected chi connectivity index (χ4v) is 2.20. The van der Waals surface area contributed by atoms with Crippen molar-refractivity contribution in [2.24, 2.45) is 0 Å². The van der Waals surface area contributed by atoms with Gasteiger partial charge in [-0.15, -0.1) is 12.4 Å². The van der Waals surface area contributed by atoms with Gasteiger partial charge in [0.1, 0.15) is 6.61 Å². The summed E-state index contributed by atoms with van der Waals surface area (Å²) in [4.78, 5) is 11.6. The number of carbonyl (C=O) groups is 1. The van der Waals surface area contributed by atoms with Gasteiger partial charge in [0.15, 0.2) is 11.5 Å². The topological polar surface area (TPSA) is 59.6 Å². The standard InChI is InChI=1S/C19H24N2O3.ClH/c1-20-11-10-19(22)21-13-16-8-9-17(18(12-16)23-2)24-14-15-6-4-3-5-7-15;/h3-9,12,20H,10-11,13-14H2,1-2H3,(H,21,22);1H. The number of hydrogen-bond acceptors (Lipinski definition) is 4. The Hall–Kier alpha value is -2.24. The summed E-state index contributed by atoms with van der Waals surface area (Å²) in [5.41, 5.74) is 2.07. The molecule has 0 unspecified atom stereocenters. The van der Waals surface area contributed by atoms with E-state index in [9.17, 15) is 4.79 Å².